The van der Waals surface area contributed by atoms with Crippen molar-refractivity contribution in [3.8, 4) is 0 Å². The Morgan fingerprint density at radius 3 is 2.37 bits per heavy atom. The molecule has 0 fully saturated rings. The Morgan fingerprint density at radius 2 is 1.84 bits per heavy atom. The number of aromatic nitrogens is 2. The second-order valence-corrected chi connectivity index (χ2v) is 5.07. The molecule has 1 heterocycles. The van der Waals surface area contributed by atoms with E-state index in [-0.39, 0.29) is 0 Å². The summed E-state index contributed by atoms with van der Waals surface area (Å²) in [5, 5.41) is 7.91. The molecule has 0 saturated heterocycles. The van der Waals surface area contributed by atoms with Crippen LogP contribution in [0, 0.1) is 13.8 Å². The van der Waals surface area contributed by atoms with Crippen molar-refractivity contribution in [2.24, 2.45) is 7.05 Å². The van der Waals surface area contributed by atoms with E-state index in [0.29, 0.717) is 0 Å². The van der Waals surface area contributed by atoms with Crippen LogP contribution < -0.4 is 5.32 Å². The smallest absolute Gasteiger partial charge is 0.0646 e. The van der Waals surface area contributed by atoms with Gasteiger partial charge in [0, 0.05) is 30.5 Å². The normalized spacial score (nSPS) is 10.7. The van der Waals surface area contributed by atoms with Gasteiger partial charge in [0.15, 0.2) is 0 Å². The topological polar surface area (TPSA) is 29.9 Å². The number of anilines is 1. The zero-order chi connectivity index (χ0) is 13.8. The molecule has 0 saturated carbocycles. The highest BCUT2D eigenvalue weighted by Crippen LogP contribution is 2.16. The molecule has 1 N–H and O–H groups in total. The number of hydrogen-bond acceptors (Lipinski definition) is 2. The first-order valence-corrected chi connectivity index (χ1v) is 6.93. The molecule has 3 nitrogen and oxygen atoms in total. The van der Waals surface area contributed by atoms with Gasteiger partial charge in [0.1, 0.15) is 0 Å². The molecule has 0 aliphatic carbocycles. The van der Waals surface area contributed by atoms with Gasteiger partial charge in [-0.05, 0) is 38.0 Å². The minimum absolute atomic E-state index is 0.832. The van der Waals surface area contributed by atoms with Crippen molar-refractivity contribution in [3.05, 3.63) is 46.8 Å². The Bertz CT molecular complexity index is 538. The van der Waals surface area contributed by atoms with Gasteiger partial charge in [0.2, 0.25) is 0 Å². The minimum Gasteiger partial charge on any atom is -0.381 e. The van der Waals surface area contributed by atoms with Crippen LogP contribution >= 0.6 is 0 Å². The van der Waals surface area contributed by atoms with E-state index in [1.165, 1.54) is 28.9 Å². The van der Waals surface area contributed by atoms with E-state index in [2.05, 4.69) is 55.5 Å². The van der Waals surface area contributed by atoms with E-state index in [1.54, 1.807) is 0 Å². The van der Waals surface area contributed by atoms with Gasteiger partial charge in [0.05, 0.1) is 5.69 Å². The third kappa shape index (κ3) is 3.16. The summed E-state index contributed by atoms with van der Waals surface area (Å²) in [6.07, 6.45) is 2.35. The number of hydrogen-bond donors (Lipinski definition) is 1. The maximum absolute atomic E-state index is 4.44. The van der Waals surface area contributed by atoms with Crippen molar-refractivity contribution < 1.29 is 0 Å². The van der Waals surface area contributed by atoms with Crippen LogP contribution in [0.1, 0.15) is 35.9 Å². The first-order chi connectivity index (χ1) is 9.11. The number of rotatable bonds is 5. The van der Waals surface area contributed by atoms with E-state index in [0.717, 1.165) is 18.7 Å². The van der Waals surface area contributed by atoms with Gasteiger partial charge in [-0.3, -0.25) is 4.68 Å². The molecule has 1 aromatic heterocycles. The summed E-state index contributed by atoms with van der Waals surface area (Å²) in [5.41, 5.74) is 6.20. The maximum atomic E-state index is 4.44. The lowest BCUT2D eigenvalue weighted by atomic mass is 10.1. The summed E-state index contributed by atoms with van der Waals surface area (Å²) >= 11 is 0. The van der Waals surface area contributed by atoms with Crippen molar-refractivity contribution in [2.75, 3.05) is 5.32 Å². The van der Waals surface area contributed by atoms with Crippen molar-refractivity contribution in [1.29, 1.82) is 0 Å². The maximum Gasteiger partial charge on any atom is 0.0646 e. The van der Waals surface area contributed by atoms with Crippen molar-refractivity contribution in [1.82, 2.24) is 9.78 Å². The number of nitrogens with zero attached hydrogens (tertiary/aromatic N) is 2. The SMILES string of the molecule is CCCc1ccc(NCc2c(C)nn(C)c2C)cc1. The van der Waals surface area contributed by atoms with Crippen LogP contribution in [0.3, 0.4) is 0 Å². The fourth-order valence-electron chi connectivity index (χ4n) is 2.34. The molecule has 0 bridgehead atoms. The lowest BCUT2D eigenvalue weighted by Gasteiger charge is -2.08. The fourth-order valence-corrected chi connectivity index (χ4v) is 2.34. The molecule has 0 amide bonds. The summed E-state index contributed by atoms with van der Waals surface area (Å²) in [7, 11) is 1.99. The summed E-state index contributed by atoms with van der Waals surface area (Å²) < 4.78 is 1.94. The van der Waals surface area contributed by atoms with Crippen molar-refractivity contribution in [3.63, 3.8) is 0 Å². The number of benzene rings is 1. The number of aryl methyl sites for hydroxylation is 3. The van der Waals surface area contributed by atoms with Crippen LogP contribution in [0.15, 0.2) is 24.3 Å². The Balaban J connectivity index is 2.02. The van der Waals surface area contributed by atoms with Crippen molar-refractivity contribution >= 4 is 5.69 Å². The van der Waals surface area contributed by atoms with E-state index >= 15 is 0 Å². The Kier molecular flexibility index (Phi) is 4.25. The van der Waals surface area contributed by atoms with Crippen LogP contribution in [-0.2, 0) is 20.0 Å². The fraction of sp³-hybridized carbons (Fsp3) is 0.438. The molecule has 19 heavy (non-hydrogen) atoms. The highest BCUT2D eigenvalue weighted by molar-refractivity contribution is 5.45. The summed E-state index contributed by atoms with van der Waals surface area (Å²) in [6, 6.07) is 8.72. The van der Waals surface area contributed by atoms with Crippen LogP contribution in [-0.4, -0.2) is 9.78 Å². The molecule has 0 radical (unpaired) electrons. The summed E-state index contributed by atoms with van der Waals surface area (Å²) in [5.74, 6) is 0. The van der Waals surface area contributed by atoms with Gasteiger partial charge >= 0.3 is 0 Å². The first-order valence-electron chi connectivity index (χ1n) is 6.93. The minimum atomic E-state index is 0.832. The molecule has 0 aliphatic rings. The third-order valence-corrected chi connectivity index (χ3v) is 3.62. The Morgan fingerprint density at radius 1 is 1.16 bits per heavy atom. The van der Waals surface area contributed by atoms with Gasteiger partial charge in [0.25, 0.3) is 0 Å². The molecule has 1 aromatic carbocycles. The van der Waals surface area contributed by atoms with Crippen LogP contribution in [0.5, 0.6) is 0 Å². The second kappa shape index (κ2) is 5.91. The Hall–Kier alpha value is -1.77. The van der Waals surface area contributed by atoms with Gasteiger partial charge < -0.3 is 5.32 Å². The average Bonchev–Trinajstić information content (AvgIpc) is 2.64. The van der Waals surface area contributed by atoms with Crippen LogP contribution in [0.4, 0.5) is 5.69 Å². The monoisotopic (exact) mass is 257 g/mol. The third-order valence-electron chi connectivity index (χ3n) is 3.62. The van der Waals surface area contributed by atoms with E-state index in [1.807, 2.05) is 11.7 Å². The number of nitrogens with one attached hydrogen (secondary N) is 1. The Labute approximate surface area is 115 Å². The van der Waals surface area contributed by atoms with E-state index in [4.69, 9.17) is 0 Å². The molecule has 3 heteroatoms. The summed E-state index contributed by atoms with van der Waals surface area (Å²) in [6.45, 7) is 7.22. The van der Waals surface area contributed by atoms with E-state index in [9.17, 15) is 0 Å². The van der Waals surface area contributed by atoms with Crippen LogP contribution in [0.25, 0.3) is 0 Å². The van der Waals surface area contributed by atoms with Crippen molar-refractivity contribution in [2.45, 2.75) is 40.2 Å². The highest BCUT2D eigenvalue weighted by Gasteiger charge is 2.08. The quantitative estimate of drug-likeness (QED) is 0.887. The molecular formula is C16H23N3. The van der Waals surface area contributed by atoms with Gasteiger partial charge in [-0.2, -0.15) is 5.10 Å². The largest absolute Gasteiger partial charge is 0.381 e. The van der Waals surface area contributed by atoms with Gasteiger partial charge in [-0.1, -0.05) is 25.5 Å². The second-order valence-electron chi connectivity index (χ2n) is 5.07. The average molecular weight is 257 g/mol. The van der Waals surface area contributed by atoms with Gasteiger partial charge in [-0.15, -0.1) is 0 Å². The molecule has 0 unspecified atom stereocenters. The lowest BCUT2D eigenvalue weighted by molar-refractivity contribution is 0.730. The first kappa shape index (κ1) is 13.7. The predicted molar refractivity (Wildman–Crippen MR) is 80.4 cm³/mol. The molecule has 2 aromatic rings. The molecule has 0 aliphatic heterocycles. The molecule has 2 rings (SSSR count). The molecule has 0 spiro atoms. The zero-order valence-corrected chi connectivity index (χ0v) is 12.3. The lowest BCUT2D eigenvalue weighted by Crippen LogP contribution is -2.02. The predicted octanol–water partition coefficient (Wildman–Crippen LogP) is 3.60. The summed E-state index contributed by atoms with van der Waals surface area (Å²) in [4.78, 5) is 0. The molecule has 0 atom stereocenters. The molecular weight excluding hydrogens is 234 g/mol. The van der Waals surface area contributed by atoms with Gasteiger partial charge in [-0.25, -0.2) is 0 Å². The standard InChI is InChI=1S/C16H23N3/c1-5-6-14-7-9-15(10-8-14)17-11-16-12(2)18-19(4)13(16)3/h7-10,17H,5-6,11H2,1-4H3. The zero-order valence-electron chi connectivity index (χ0n) is 12.3. The highest BCUT2D eigenvalue weighted by atomic mass is 15.3. The van der Waals surface area contributed by atoms with E-state index < -0.39 is 0 Å². The molecule has 102 valence electrons. The van der Waals surface area contributed by atoms with Crippen LogP contribution in [0.2, 0.25) is 0 Å².